The van der Waals surface area contributed by atoms with E-state index in [0.29, 0.717) is 33.2 Å². The summed E-state index contributed by atoms with van der Waals surface area (Å²) in [5.41, 5.74) is -0.199. The van der Waals surface area contributed by atoms with Crippen molar-refractivity contribution in [3.63, 3.8) is 0 Å². The first-order chi connectivity index (χ1) is 15.3. The van der Waals surface area contributed by atoms with Crippen LogP contribution in [0.25, 0.3) is 0 Å². The number of thioether (sulfide) groups is 1. The molecule has 11 heteroatoms. The molecule has 0 bridgehead atoms. The highest BCUT2D eigenvalue weighted by Crippen LogP contribution is 2.28. The van der Waals surface area contributed by atoms with Crippen LogP contribution >= 0.6 is 23.1 Å². The summed E-state index contributed by atoms with van der Waals surface area (Å²) >= 11 is 2.53. The summed E-state index contributed by atoms with van der Waals surface area (Å²) in [4.78, 5) is 36.0. The first-order valence-electron chi connectivity index (χ1n) is 9.70. The lowest BCUT2D eigenvalue weighted by molar-refractivity contribution is -0.115. The maximum absolute atomic E-state index is 12.3. The minimum Gasteiger partial charge on any atom is -0.491 e. The summed E-state index contributed by atoms with van der Waals surface area (Å²) in [7, 11) is 0. The van der Waals surface area contributed by atoms with Crippen molar-refractivity contribution in [3.8, 4) is 11.5 Å². The quantitative estimate of drug-likeness (QED) is 0.276. The third kappa shape index (κ3) is 6.66. The maximum atomic E-state index is 12.3. The second-order valence-corrected chi connectivity index (χ2v) is 8.92. The fourth-order valence-corrected chi connectivity index (χ4v) is 4.01. The summed E-state index contributed by atoms with van der Waals surface area (Å²) in [6.45, 7) is 5.55. The number of hydrogen-bond acceptors (Lipinski definition) is 10. The van der Waals surface area contributed by atoms with Gasteiger partial charge in [-0.3, -0.25) is 9.59 Å². The molecule has 0 atom stereocenters. The fraction of sp³-hybridized carbons (Fsp3) is 0.286. The first-order valence-corrected chi connectivity index (χ1v) is 11.5. The zero-order valence-electron chi connectivity index (χ0n) is 17.6. The number of rotatable bonds is 9. The molecule has 0 spiro atoms. The number of amides is 1. The average molecular weight is 476 g/mol. The van der Waals surface area contributed by atoms with Gasteiger partial charge in [0.15, 0.2) is 4.34 Å². The SMILES string of the molecule is CCC(=O)Nc1nnc(SCc2cc(=O)c(OC(=O)c3ccc(OC(C)C)cc3)co2)s1. The predicted molar refractivity (Wildman–Crippen MR) is 121 cm³/mol. The number of nitrogens with zero attached hydrogens (tertiary/aromatic N) is 2. The molecule has 2 heterocycles. The van der Waals surface area contributed by atoms with E-state index in [-0.39, 0.29) is 23.3 Å². The van der Waals surface area contributed by atoms with Gasteiger partial charge in [0.25, 0.3) is 0 Å². The van der Waals surface area contributed by atoms with Crippen LogP contribution in [0.2, 0.25) is 0 Å². The lowest BCUT2D eigenvalue weighted by Gasteiger charge is -2.09. The molecule has 0 aliphatic carbocycles. The molecule has 0 radical (unpaired) electrons. The number of ether oxygens (including phenoxy) is 2. The Hall–Kier alpha value is -3.18. The second-order valence-electron chi connectivity index (χ2n) is 6.72. The Balaban J connectivity index is 1.57. The van der Waals surface area contributed by atoms with Crippen molar-refractivity contribution in [2.45, 2.75) is 43.4 Å². The van der Waals surface area contributed by atoms with E-state index in [4.69, 9.17) is 13.9 Å². The zero-order valence-corrected chi connectivity index (χ0v) is 19.2. The summed E-state index contributed by atoms with van der Waals surface area (Å²) in [6, 6.07) is 7.70. The maximum Gasteiger partial charge on any atom is 0.343 e. The Kier molecular flexibility index (Phi) is 8.01. The molecule has 0 fully saturated rings. The van der Waals surface area contributed by atoms with Crippen LogP contribution in [0.15, 0.2) is 50.1 Å². The minimum atomic E-state index is -0.675. The molecule has 1 amide bonds. The van der Waals surface area contributed by atoms with Gasteiger partial charge in [-0.25, -0.2) is 4.79 Å². The summed E-state index contributed by atoms with van der Waals surface area (Å²) in [5.74, 6) is 0.306. The van der Waals surface area contributed by atoms with Crippen molar-refractivity contribution >= 4 is 40.1 Å². The molecule has 0 aliphatic heterocycles. The summed E-state index contributed by atoms with van der Waals surface area (Å²) in [5, 5.41) is 10.9. The van der Waals surface area contributed by atoms with Crippen molar-refractivity contribution in [2.75, 3.05) is 5.32 Å². The first kappa shape index (κ1) is 23.5. The number of esters is 1. The molecule has 0 unspecified atom stereocenters. The van der Waals surface area contributed by atoms with Crippen LogP contribution < -0.4 is 20.2 Å². The highest BCUT2D eigenvalue weighted by atomic mass is 32.2. The van der Waals surface area contributed by atoms with Gasteiger partial charge in [0.05, 0.1) is 17.4 Å². The molecule has 3 rings (SSSR count). The number of aromatic nitrogens is 2. The van der Waals surface area contributed by atoms with E-state index in [0.717, 1.165) is 6.26 Å². The molecule has 3 aromatic rings. The third-order valence-electron chi connectivity index (χ3n) is 3.83. The van der Waals surface area contributed by atoms with Crippen LogP contribution in [-0.4, -0.2) is 28.2 Å². The van der Waals surface area contributed by atoms with Gasteiger partial charge in [0.1, 0.15) is 17.8 Å². The van der Waals surface area contributed by atoms with E-state index in [1.165, 1.54) is 29.2 Å². The summed E-state index contributed by atoms with van der Waals surface area (Å²) < 4.78 is 16.7. The molecule has 168 valence electrons. The average Bonchev–Trinajstić information content (AvgIpc) is 3.21. The molecule has 32 heavy (non-hydrogen) atoms. The molecule has 9 nitrogen and oxygen atoms in total. The van der Waals surface area contributed by atoms with Gasteiger partial charge in [-0.05, 0) is 38.1 Å². The number of anilines is 1. The topological polar surface area (TPSA) is 121 Å². The van der Waals surface area contributed by atoms with Gasteiger partial charge in [0, 0.05) is 12.5 Å². The Bertz CT molecular complexity index is 1140. The largest absolute Gasteiger partial charge is 0.491 e. The Morgan fingerprint density at radius 2 is 1.97 bits per heavy atom. The molecular weight excluding hydrogens is 454 g/mol. The highest BCUT2D eigenvalue weighted by Gasteiger charge is 2.14. The highest BCUT2D eigenvalue weighted by molar-refractivity contribution is 8.00. The monoisotopic (exact) mass is 475 g/mol. The van der Waals surface area contributed by atoms with E-state index in [1.54, 1.807) is 31.2 Å². The molecule has 1 N–H and O–H groups in total. The van der Waals surface area contributed by atoms with Crippen LogP contribution in [0.4, 0.5) is 5.13 Å². The van der Waals surface area contributed by atoms with E-state index in [9.17, 15) is 14.4 Å². The number of carbonyl (C=O) groups is 2. The molecular formula is C21H21N3O6S2. The minimum absolute atomic E-state index is 0.0185. The van der Waals surface area contributed by atoms with Gasteiger partial charge >= 0.3 is 5.97 Å². The van der Waals surface area contributed by atoms with Crippen molar-refractivity contribution in [1.82, 2.24) is 10.2 Å². The number of nitrogens with one attached hydrogen (secondary N) is 1. The second kappa shape index (κ2) is 10.9. The van der Waals surface area contributed by atoms with Gasteiger partial charge in [-0.2, -0.15) is 0 Å². The number of hydrogen-bond donors (Lipinski definition) is 1. The van der Waals surface area contributed by atoms with Gasteiger partial charge in [0.2, 0.25) is 22.2 Å². The van der Waals surface area contributed by atoms with Crippen molar-refractivity contribution < 1.29 is 23.5 Å². The van der Waals surface area contributed by atoms with E-state index in [2.05, 4.69) is 15.5 Å². The van der Waals surface area contributed by atoms with Gasteiger partial charge < -0.3 is 19.2 Å². The van der Waals surface area contributed by atoms with Crippen molar-refractivity contribution in [1.29, 1.82) is 0 Å². The standard InChI is InChI=1S/C21H21N3O6S2/c1-4-18(26)22-20-23-24-21(32-20)31-11-15-9-16(25)17(10-28-15)30-19(27)13-5-7-14(8-6-13)29-12(2)3/h5-10,12H,4,11H2,1-3H3,(H,22,23,26). The molecule has 0 aliphatic rings. The third-order valence-corrected chi connectivity index (χ3v) is 5.82. The lowest BCUT2D eigenvalue weighted by Crippen LogP contribution is -2.14. The van der Waals surface area contributed by atoms with Crippen molar-refractivity contribution in [3.05, 3.63) is 58.1 Å². The van der Waals surface area contributed by atoms with Crippen LogP contribution in [0, 0.1) is 0 Å². The molecule has 0 saturated carbocycles. The molecule has 2 aromatic heterocycles. The summed E-state index contributed by atoms with van der Waals surface area (Å²) in [6.07, 6.45) is 1.48. The van der Waals surface area contributed by atoms with Crippen LogP contribution in [0.3, 0.4) is 0 Å². The normalized spacial score (nSPS) is 10.8. The number of benzene rings is 1. The smallest absolute Gasteiger partial charge is 0.343 e. The van der Waals surface area contributed by atoms with Gasteiger partial charge in [-0.15, -0.1) is 10.2 Å². The van der Waals surface area contributed by atoms with E-state index >= 15 is 0 Å². The Labute approximate surface area is 192 Å². The Morgan fingerprint density at radius 3 is 2.62 bits per heavy atom. The van der Waals surface area contributed by atoms with Gasteiger partial charge in [-0.1, -0.05) is 30.0 Å². The zero-order chi connectivity index (χ0) is 23.1. The Morgan fingerprint density at radius 1 is 1.22 bits per heavy atom. The van der Waals surface area contributed by atoms with Crippen LogP contribution in [0.1, 0.15) is 43.3 Å². The van der Waals surface area contributed by atoms with Crippen LogP contribution in [0.5, 0.6) is 11.5 Å². The molecule has 0 saturated heterocycles. The van der Waals surface area contributed by atoms with E-state index in [1.807, 2.05) is 13.8 Å². The molecule has 1 aromatic carbocycles. The lowest BCUT2D eigenvalue weighted by atomic mass is 10.2. The van der Waals surface area contributed by atoms with Crippen LogP contribution in [-0.2, 0) is 10.5 Å². The van der Waals surface area contributed by atoms with Crippen molar-refractivity contribution in [2.24, 2.45) is 0 Å². The fourth-order valence-electron chi connectivity index (χ4n) is 2.35. The number of carbonyl (C=O) groups excluding carboxylic acids is 2. The van der Waals surface area contributed by atoms with E-state index < -0.39 is 11.4 Å². The predicted octanol–water partition coefficient (Wildman–Crippen LogP) is 4.14.